The van der Waals surface area contributed by atoms with Crippen LogP contribution in [0.4, 0.5) is 0 Å². The number of hydrogen-bond donors (Lipinski definition) is 1. The smallest absolute Gasteiger partial charge is 0.180 e. The second-order valence-corrected chi connectivity index (χ2v) is 10.3. The first-order valence-electron chi connectivity index (χ1n) is 10.4. The van der Waals surface area contributed by atoms with Gasteiger partial charge < -0.3 is 14.8 Å². The van der Waals surface area contributed by atoms with Gasteiger partial charge in [-0.15, -0.1) is 11.3 Å². The fourth-order valence-corrected chi connectivity index (χ4v) is 6.95. The largest absolute Gasteiger partial charge is 0.493 e. The van der Waals surface area contributed by atoms with Crippen molar-refractivity contribution >= 4 is 22.9 Å². The molecule has 4 saturated carbocycles. The molecule has 4 aliphatic rings. The van der Waals surface area contributed by atoms with Crippen molar-refractivity contribution in [1.82, 2.24) is 5.32 Å². The van der Waals surface area contributed by atoms with E-state index in [9.17, 15) is 0 Å². The predicted octanol–water partition coefficient (Wildman–Crippen LogP) is 5.90. The molecule has 0 atom stereocenters. The second kappa shape index (κ2) is 7.89. The quantitative estimate of drug-likeness (QED) is 0.608. The molecule has 6 rings (SSSR count). The highest BCUT2D eigenvalue weighted by atomic mass is 35.5. The molecule has 0 saturated heterocycles. The SMILES string of the molecule is COc1cc(CNC2C3CC4CC(C3)CC2C4)cc(Cl)c1OCc1cccs1. The van der Waals surface area contributed by atoms with Crippen molar-refractivity contribution < 1.29 is 9.47 Å². The Balaban J connectivity index is 1.26. The highest BCUT2D eigenvalue weighted by molar-refractivity contribution is 7.09. The van der Waals surface area contributed by atoms with Crippen LogP contribution in [-0.4, -0.2) is 13.2 Å². The molecule has 4 fully saturated rings. The van der Waals surface area contributed by atoms with Gasteiger partial charge in [-0.25, -0.2) is 0 Å². The van der Waals surface area contributed by atoms with E-state index in [4.69, 9.17) is 21.1 Å². The highest BCUT2D eigenvalue weighted by Gasteiger charge is 2.47. The summed E-state index contributed by atoms with van der Waals surface area (Å²) < 4.78 is 11.6. The van der Waals surface area contributed by atoms with Crippen LogP contribution >= 0.6 is 22.9 Å². The molecule has 1 aromatic carbocycles. The fourth-order valence-electron chi connectivity index (χ4n) is 6.05. The second-order valence-electron chi connectivity index (χ2n) is 8.81. The maximum absolute atomic E-state index is 6.57. The van der Waals surface area contributed by atoms with E-state index in [-0.39, 0.29) is 0 Å². The number of benzene rings is 1. The molecule has 0 unspecified atom stereocenters. The minimum Gasteiger partial charge on any atom is -0.493 e. The summed E-state index contributed by atoms with van der Waals surface area (Å²) in [6.45, 7) is 1.35. The van der Waals surface area contributed by atoms with Crippen molar-refractivity contribution in [2.24, 2.45) is 23.7 Å². The third-order valence-corrected chi connectivity index (χ3v) is 8.13. The Morgan fingerprint density at radius 3 is 2.50 bits per heavy atom. The third-order valence-electron chi connectivity index (χ3n) is 7.00. The van der Waals surface area contributed by atoms with Crippen LogP contribution < -0.4 is 14.8 Å². The van der Waals surface area contributed by atoms with Gasteiger partial charge in [0.25, 0.3) is 0 Å². The standard InChI is InChI=1S/C23H28ClNO2S/c1-26-21-11-16(10-20(24)23(21)27-13-19-3-2-4-28-19)12-25-22-17-6-14-5-15(8-17)9-18(22)7-14/h2-4,10-11,14-15,17-18,22,25H,5-9,12-13H2,1H3. The summed E-state index contributed by atoms with van der Waals surface area (Å²) in [7, 11) is 1.68. The van der Waals surface area contributed by atoms with Gasteiger partial charge in [-0.3, -0.25) is 0 Å². The molecule has 4 aliphatic carbocycles. The monoisotopic (exact) mass is 417 g/mol. The number of ether oxygens (including phenoxy) is 2. The number of hydrogen-bond acceptors (Lipinski definition) is 4. The lowest BCUT2D eigenvalue weighted by Gasteiger charge is -2.54. The Bertz CT molecular complexity index is 794. The van der Waals surface area contributed by atoms with E-state index in [1.54, 1.807) is 18.4 Å². The van der Waals surface area contributed by atoms with Gasteiger partial charge in [0.05, 0.1) is 12.1 Å². The number of methoxy groups -OCH3 is 1. The number of nitrogens with one attached hydrogen (secondary N) is 1. The molecule has 1 N–H and O–H groups in total. The molecule has 0 amide bonds. The van der Waals surface area contributed by atoms with Crippen LogP contribution in [0.2, 0.25) is 5.02 Å². The van der Waals surface area contributed by atoms with Crippen molar-refractivity contribution in [2.45, 2.75) is 51.3 Å². The lowest BCUT2D eigenvalue weighted by Crippen LogP contribution is -2.54. The average Bonchev–Trinajstić information content (AvgIpc) is 3.19. The van der Waals surface area contributed by atoms with Crippen LogP contribution in [0, 0.1) is 23.7 Å². The van der Waals surface area contributed by atoms with E-state index >= 15 is 0 Å². The first-order chi connectivity index (χ1) is 13.7. The van der Waals surface area contributed by atoms with E-state index in [1.807, 2.05) is 12.1 Å². The molecule has 1 aromatic heterocycles. The molecule has 1 heterocycles. The normalized spacial score (nSPS) is 30.6. The van der Waals surface area contributed by atoms with Gasteiger partial charge in [-0.2, -0.15) is 0 Å². The molecule has 4 bridgehead atoms. The van der Waals surface area contributed by atoms with Gasteiger partial charge in [-0.1, -0.05) is 17.7 Å². The minimum absolute atomic E-state index is 0.513. The molecule has 0 spiro atoms. The Morgan fingerprint density at radius 1 is 1.11 bits per heavy atom. The average molecular weight is 418 g/mol. The van der Waals surface area contributed by atoms with Gasteiger partial charge >= 0.3 is 0 Å². The predicted molar refractivity (Wildman–Crippen MR) is 114 cm³/mol. The first-order valence-corrected chi connectivity index (χ1v) is 11.7. The summed E-state index contributed by atoms with van der Waals surface area (Å²) in [6, 6.07) is 8.86. The fraction of sp³-hybridized carbons (Fsp3) is 0.565. The zero-order valence-electron chi connectivity index (χ0n) is 16.3. The minimum atomic E-state index is 0.513. The maximum Gasteiger partial charge on any atom is 0.180 e. The maximum atomic E-state index is 6.57. The van der Waals surface area contributed by atoms with Crippen molar-refractivity contribution in [1.29, 1.82) is 0 Å². The van der Waals surface area contributed by atoms with Crippen molar-refractivity contribution in [3.05, 3.63) is 45.1 Å². The topological polar surface area (TPSA) is 30.5 Å². The zero-order chi connectivity index (χ0) is 19.1. The van der Waals surface area contributed by atoms with E-state index in [0.29, 0.717) is 29.2 Å². The summed E-state index contributed by atoms with van der Waals surface area (Å²) in [5, 5.41) is 6.55. The van der Waals surface area contributed by atoms with E-state index in [2.05, 4.69) is 22.8 Å². The number of thiophene rings is 1. The number of rotatable bonds is 7. The Morgan fingerprint density at radius 2 is 1.86 bits per heavy atom. The first kappa shape index (κ1) is 18.8. The van der Waals surface area contributed by atoms with E-state index in [0.717, 1.165) is 30.2 Å². The summed E-state index contributed by atoms with van der Waals surface area (Å²) in [6.07, 6.45) is 7.24. The Kier molecular flexibility index (Phi) is 5.29. The molecule has 0 aliphatic heterocycles. The van der Waals surface area contributed by atoms with Gasteiger partial charge in [0.1, 0.15) is 6.61 Å². The lowest BCUT2D eigenvalue weighted by atomic mass is 9.54. The Hall–Kier alpha value is -1.23. The van der Waals surface area contributed by atoms with Crippen LogP contribution in [0.5, 0.6) is 11.5 Å². The molecule has 0 radical (unpaired) electrons. The zero-order valence-corrected chi connectivity index (χ0v) is 17.9. The molecular weight excluding hydrogens is 390 g/mol. The molecule has 2 aromatic rings. The van der Waals surface area contributed by atoms with Crippen LogP contribution in [0.25, 0.3) is 0 Å². The van der Waals surface area contributed by atoms with Crippen LogP contribution in [0.15, 0.2) is 29.6 Å². The van der Waals surface area contributed by atoms with Gasteiger partial charge in [0, 0.05) is 17.5 Å². The lowest BCUT2D eigenvalue weighted by molar-refractivity contribution is -0.0142. The van der Waals surface area contributed by atoms with Gasteiger partial charge in [0.2, 0.25) is 0 Å². The highest BCUT2D eigenvalue weighted by Crippen LogP contribution is 2.53. The summed E-state index contributed by atoms with van der Waals surface area (Å²) in [5.74, 6) is 5.12. The van der Waals surface area contributed by atoms with Gasteiger partial charge in [-0.05, 0) is 84.9 Å². The molecule has 28 heavy (non-hydrogen) atoms. The summed E-state index contributed by atoms with van der Waals surface area (Å²) in [4.78, 5) is 1.17. The van der Waals surface area contributed by atoms with E-state index < -0.39 is 0 Å². The van der Waals surface area contributed by atoms with Crippen LogP contribution in [0.3, 0.4) is 0 Å². The molecule has 150 valence electrons. The van der Waals surface area contributed by atoms with Crippen molar-refractivity contribution in [3.8, 4) is 11.5 Å². The van der Waals surface area contributed by atoms with Crippen LogP contribution in [0.1, 0.15) is 42.5 Å². The van der Waals surface area contributed by atoms with Gasteiger partial charge in [0.15, 0.2) is 11.5 Å². The van der Waals surface area contributed by atoms with Crippen molar-refractivity contribution in [3.63, 3.8) is 0 Å². The van der Waals surface area contributed by atoms with Crippen molar-refractivity contribution in [2.75, 3.05) is 7.11 Å². The van der Waals surface area contributed by atoms with Crippen LogP contribution in [-0.2, 0) is 13.2 Å². The number of halogens is 1. The Labute approximate surface area is 176 Å². The summed E-state index contributed by atoms with van der Waals surface area (Å²) >= 11 is 8.25. The molecule has 5 heteroatoms. The molecule has 3 nitrogen and oxygen atoms in total. The third kappa shape index (κ3) is 3.67. The summed E-state index contributed by atoms with van der Waals surface area (Å²) in [5.41, 5.74) is 1.17. The molecular formula is C23H28ClNO2S. The van der Waals surface area contributed by atoms with E-state index in [1.165, 1.54) is 42.5 Å².